The zero-order chi connectivity index (χ0) is 28.5. The molecule has 0 fully saturated rings. The van der Waals surface area contributed by atoms with E-state index in [1.807, 2.05) is 66.7 Å². The van der Waals surface area contributed by atoms with Crippen molar-refractivity contribution in [1.82, 2.24) is 0 Å². The summed E-state index contributed by atoms with van der Waals surface area (Å²) >= 11 is 0. The summed E-state index contributed by atoms with van der Waals surface area (Å²) in [5.74, 6) is 1.56. The van der Waals surface area contributed by atoms with Crippen LogP contribution >= 0.6 is 0 Å². The Kier molecular flexibility index (Phi) is 12.9. The number of rotatable bonds is 14. The van der Waals surface area contributed by atoms with Gasteiger partial charge in [-0.05, 0) is 49.6 Å². The molecule has 0 bridgehead atoms. The van der Waals surface area contributed by atoms with Crippen LogP contribution < -0.4 is 25.1 Å². The lowest BCUT2D eigenvalue weighted by atomic mass is 9.89. The lowest BCUT2D eigenvalue weighted by Crippen LogP contribution is -2.91. The standard InChI is InChI=1S/C25H30BNO6.C6H6O/c1-4-25(5-2,6-3)27-23-19-13-14-20-24(23)30-33-26(31-28-21-15-9-7-10-16-21)32-29-22-17-11-8-12-18-22;7-6-4-2-1-3-5-6/h7-20,27H,4-6H2,1-3H3;1-5,7H. The van der Waals surface area contributed by atoms with Gasteiger partial charge in [-0.2, -0.15) is 14.4 Å². The van der Waals surface area contributed by atoms with Crippen molar-refractivity contribution < 1.29 is 39.5 Å². The van der Waals surface area contributed by atoms with Crippen molar-refractivity contribution in [2.75, 3.05) is 0 Å². The summed E-state index contributed by atoms with van der Waals surface area (Å²) in [5, 5.41) is 12.5. The van der Waals surface area contributed by atoms with Gasteiger partial charge in [0.1, 0.15) is 0 Å². The Bertz CT molecular complexity index is 1160. The second-order valence-corrected chi connectivity index (χ2v) is 8.87. The molecule has 0 radical (unpaired) electrons. The largest absolute Gasteiger partial charge is 0.872 e. The molecule has 0 heterocycles. The predicted octanol–water partition coefficient (Wildman–Crippen LogP) is 5.93. The first-order valence-corrected chi connectivity index (χ1v) is 13.3. The number of para-hydroxylation sites is 5. The van der Waals surface area contributed by atoms with Gasteiger partial charge in [-0.25, -0.2) is 0 Å². The van der Waals surface area contributed by atoms with E-state index in [4.69, 9.17) is 29.1 Å². The van der Waals surface area contributed by atoms with Crippen LogP contribution in [0.5, 0.6) is 23.0 Å². The molecule has 0 aromatic heterocycles. The summed E-state index contributed by atoms with van der Waals surface area (Å²) in [6.07, 6.45) is 3.08. The zero-order valence-corrected chi connectivity index (χ0v) is 23.1. The van der Waals surface area contributed by atoms with E-state index in [2.05, 4.69) is 26.1 Å². The van der Waals surface area contributed by atoms with Crippen LogP contribution in [0.15, 0.2) is 115 Å². The lowest BCUT2D eigenvalue weighted by molar-refractivity contribution is -0.657. The van der Waals surface area contributed by atoms with Crippen molar-refractivity contribution in [2.45, 2.75) is 45.6 Å². The second-order valence-electron chi connectivity index (χ2n) is 8.87. The highest BCUT2D eigenvalue weighted by atomic mass is 17.3. The van der Waals surface area contributed by atoms with E-state index < -0.39 is 7.32 Å². The van der Waals surface area contributed by atoms with Gasteiger partial charge < -0.3 is 25.1 Å². The van der Waals surface area contributed by atoms with Crippen LogP contribution in [0.25, 0.3) is 0 Å². The molecule has 0 aliphatic carbocycles. The molecule has 0 amide bonds. The number of hydrogen-bond donors (Lipinski definition) is 1. The maximum Gasteiger partial charge on any atom is 0.754 e. The number of quaternary nitrogens is 1. The SMILES string of the molecule is CCC(CC)(CC)[NH2+]c1ccccc1OOB(OOc1ccccc1)OOc1ccccc1.[O-]c1ccccc1. The first kappa shape index (κ1) is 30.5. The van der Waals surface area contributed by atoms with Crippen LogP contribution in [-0.4, -0.2) is 12.9 Å². The average Bonchev–Trinajstić information content (AvgIpc) is 3.02. The van der Waals surface area contributed by atoms with Crippen molar-refractivity contribution in [3.63, 3.8) is 0 Å². The summed E-state index contributed by atoms with van der Waals surface area (Å²) in [5.41, 5.74) is 1.01. The van der Waals surface area contributed by atoms with Crippen LogP contribution in [0.4, 0.5) is 5.69 Å². The van der Waals surface area contributed by atoms with Crippen molar-refractivity contribution in [1.29, 1.82) is 0 Å². The molecule has 0 saturated carbocycles. The Morgan fingerprint density at radius 2 is 1.00 bits per heavy atom. The Morgan fingerprint density at radius 1 is 0.575 bits per heavy atom. The topological polar surface area (TPSA) is 95.1 Å². The van der Waals surface area contributed by atoms with Crippen molar-refractivity contribution in [2.24, 2.45) is 0 Å². The third-order valence-electron chi connectivity index (χ3n) is 6.38. The summed E-state index contributed by atoms with van der Waals surface area (Å²) in [6, 6.07) is 33.9. The molecular weight excluding hydrogens is 509 g/mol. The molecule has 0 unspecified atom stereocenters. The predicted molar refractivity (Wildman–Crippen MR) is 151 cm³/mol. The van der Waals surface area contributed by atoms with E-state index in [9.17, 15) is 5.11 Å². The van der Waals surface area contributed by atoms with Gasteiger partial charge in [-0.3, -0.25) is 0 Å². The van der Waals surface area contributed by atoms with Gasteiger partial charge >= 0.3 is 7.32 Å². The highest BCUT2D eigenvalue weighted by Gasteiger charge is 2.33. The van der Waals surface area contributed by atoms with Gasteiger partial charge in [0.2, 0.25) is 5.75 Å². The highest BCUT2D eigenvalue weighted by Crippen LogP contribution is 2.24. The van der Waals surface area contributed by atoms with Crippen LogP contribution in [0.1, 0.15) is 40.0 Å². The molecule has 0 atom stereocenters. The fourth-order valence-corrected chi connectivity index (χ4v) is 3.76. The zero-order valence-electron chi connectivity index (χ0n) is 23.1. The van der Waals surface area contributed by atoms with Gasteiger partial charge in [0.15, 0.2) is 17.2 Å². The average molecular weight is 545 g/mol. The Morgan fingerprint density at radius 3 is 1.45 bits per heavy atom. The molecule has 40 heavy (non-hydrogen) atoms. The molecule has 2 N–H and O–H groups in total. The minimum Gasteiger partial charge on any atom is -0.872 e. The van der Waals surface area contributed by atoms with Crippen LogP contribution in [0.2, 0.25) is 0 Å². The molecular formula is C31H36BNO7. The minimum absolute atomic E-state index is 0.0718. The molecule has 0 saturated heterocycles. The lowest BCUT2D eigenvalue weighted by Gasteiger charge is -2.28. The maximum atomic E-state index is 10.3. The summed E-state index contributed by atoms with van der Waals surface area (Å²) in [7, 11) is -1.42. The van der Waals surface area contributed by atoms with E-state index in [1.54, 1.807) is 36.4 Å². The minimum atomic E-state index is -1.42. The molecule has 9 heteroatoms. The van der Waals surface area contributed by atoms with Crippen LogP contribution in [-0.2, 0) is 14.4 Å². The van der Waals surface area contributed by atoms with E-state index in [0.29, 0.717) is 17.2 Å². The Labute approximate surface area is 236 Å². The van der Waals surface area contributed by atoms with Gasteiger partial charge in [0, 0.05) is 6.07 Å². The number of benzene rings is 4. The normalized spacial score (nSPS) is 10.7. The van der Waals surface area contributed by atoms with Crippen molar-refractivity contribution in [3.8, 4) is 23.0 Å². The van der Waals surface area contributed by atoms with Crippen molar-refractivity contribution in [3.05, 3.63) is 115 Å². The molecule has 0 aliphatic rings. The fourth-order valence-electron chi connectivity index (χ4n) is 3.76. The molecule has 0 spiro atoms. The van der Waals surface area contributed by atoms with E-state index in [-0.39, 0.29) is 11.3 Å². The van der Waals surface area contributed by atoms with Gasteiger partial charge in [0.25, 0.3) is 0 Å². The van der Waals surface area contributed by atoms with E-state index in [1.165, 1.54) is 12.1 Å². The van der Waals surface area contributed by atoms with Gasteiger partial charge in [-0.1, -0.05) is 99.6 Å². The first-order chi connectivity index (χ1) is 19.6. The second kappa shape index (κ2) is 16.8. The Hall–Kier alpha value is -4.02. The summed E-state index contributed by atoms with van der Waals surface area (Å²) in [4.78, 5) is 32.2. The van der Waals surface area contributed by atoms with Crippen LogP contribution in [0, 0.1) is 0 Å². The number of hydrogen-bond acceptors (Lipinski definition) is 7. The third kappa shape index (κ3) is 10.3. The molecule has 210 valence electrons. The van der Waals surface area contributed by atoms with Gasteiger partial charge in [-0.15, -0.1) is 5.75 Å². The molecule has 0 aliphatic heterocycles. The highest BCUT2D eigenvalue weighted by molar-refractivity contribution is 6.35. The summed E-state index contributed by atoms with van der Waals surface area (Å²) in [6.45, 7) is 6.59. The molecule has 8 nitrogen and oxygen atoms in total. The quantitative estimate of drug-likeness (QED) is 0.0909. The van der Waals surface area contributed by atoms with Crippen LogP contribution in [0.3, 0.4) is 0 Å². The fraction of sp³-hybridized carbons (Fsp3) is 0.226. The van der Waals surface area contributed by atoms with E-state index >= 15 is 0 Å². The summed E-state index contributed by atoms with van der Waals surface area (Å²) < 4.78 is 0. The van der Waals surface area contributed by atoms with E-state index in [0.717, 1.165) is 24.9 Å². The monoisotopic (exact) mass is 545 g/mol. The van der Waals surface area contributed by atoms with Crippen molar-refractivity contribution >= 4 is 13.0 Å². The molecule has 4 rings (SSSR count). The molecule has 4 aromatic rings. The van der Waals surface area contributed by atoms with Gasteiger partial charge in [0.05, 0.1) is 5.54 Å². The number of nitrogens with two attached hydrogens (primary N) is 1. The molecule has 4 aromatic carbocycles. The Balaban J connectivity index is 0.000000547. The smallest absolute Gasteiger partial charge is 0.754 e. The first-order valence-electron chi connectivity index (χ1n) is 13.3. The maximum absolute atomic E-state index is 10.3. The third-order valence-corrected chi connectivity index (χ3v) is 6.38.